The predicted octanol–water partition coefficient (Wildman–Crippen LogP) is 2.13. The van der Waals surface area contributed by atoms with E-state index in [0.717, 1.165) is 26.1 Å². The maximum atomic E-state index is 3.48. The number of hydrogen-bond donors (Lipinski definition) is 2. The van der Waals surface area contributed by atoms with Crippen LogP contribution >= 0.6 is 0 Å². The van der Waals surface area contributed by atoms with E-state index in [1.165, 1.54) is 24.0 Å². The lowest BCUT2D eigenvalue weighted by Crippen LogP contribution is -2.19. The van der Waals surface area contributed by atoms with Gasteiger partial charge in [-0.1, -0.05) is 29.8 Å². The summed E-state index contributed by atoms with van der Waals surface area (Å²) in [4.78, 5) is 0. The van der Waals surface area contributed by atoms with E-state index in [0.29, 0.717) is 0 Å². The summed E-state index contributed by atoms with van der Waals surface area (Å²) in [7, 11) is 2.01. The summed E-state index contributed by atoms with van der Waals surface area (Å²) in [5.74, 6) is 0. The van der Waals surface area contributed by atoms with E-state index in [2.05, 4.69) is 41.8 Å². The van der Waals surface area contributed by atoms with Crippen molar-refractivity contribution in [3.63, 3.8) is 0 Å². The van der Waals surface area contributed by atoms with Crippen LogP contribution < -0.4 is 10.6 Å². The van der Waals surface area contributed by atoms with Gasteiger partial charge in [-0.05, 0) is 58.4 Å². The normalized spacial score (nSPS) is 10.6. The Morgan fingerprint density at radius 2 is 1.88 bits per heavy atom. The highest BCUT2D eigenvalue weighted by atomic mass is 14.8. The first kappa shape index (κ1) is 13.2. The number of nitrogens with one attached hydrogen (secondary N) is 2. The quantitative estimate of drug-likeness (QED) is 0.656. The van der Waals surface area contributed by atoms with Crippen LogP contribution in [0.4, 0.5) is 0 Å². The van der Waals surface area contributed by atoms with Gasteiger partial charge in [0.2, 0.25) is 0 Å². The molecule has 0 aliphatic rings. The Bertz CT molecular complexity index is 284. The van der Waals surface area contributed by atoms with Gasteiger partial charge in [0, 0.05) is 0 Å². The molecule has 0 aliphatic heterocycles. The van der Waals surface area contributed by atoms with Gasteiger partial charge in [0.1, 0.15) is 0 Å². The smallest absolute Gasteiger partial charge is 0.000835 e. The molecule has 1 aromatic carbocycles. The number of rotatable bonds is 8. The molecule has 2 N–H and O–H groups in total. The van der Waals surface area contributed by atoms with Crippen molar-refractivity contribution in [2.45, 2.75) is 26.2 Å². The van der Waals surface area contributed by atoms with Crippen LogP contribution in [0.5, 0.6) is 0 Å². The molecule has 0 unspecified atom stereocenters. The topological polar surface area (TPSA) is 24.1 Å². The van der Waals surface area contributed by atoms with Gasteiger partial charge in [0.25, 0.3) is 0 Å². The molecule has 0 amide bonds. The minimum absolute atomic E-state index is 1.09. The highest BCUT2D eigenvalue weighted by Crippen LogP contribution is 2.03. The standard InChI is InChI=1S/C14H24N2/c1-13-6-5-7-14(12-13)8-11-16-10-4-3-9-15-2/h5-7,12,15-16H,3-4,8-11H2,1-2H3. The molecule has 0 bridgehead atoms. The largest absolute Gasteiger partial charge is 0.320 e. The van der Waals surface area contributed by atoms with Crippen molar-refractivity contribution in [1.29, 1.82) is 0 Å². The van der Waals surface area contributed by atoms with Crippen molar-refractivity contribution in [3.8, 4) is 0 Å². The lowest BCUT2D eigenvalue weighted by atomic mass is 10.1. The fourth-order valence-corrected chi connectivity index (χ4v) is 1.78. The van der Waals surface area contributed by atoms with Crippen molar-refractivity contribution in [1.82, 2.24) is 10.6 Å². The van der Waals surface area contributed by atoms with Crippen molar-refractivity contribution in [2.24, 2.45) is 0 Å². The molecule has 2 heteroatoms. The fourth-order valence-electron chi connectivity index (χ4n) is 1.78. The Balaban J connectivity index is 2.03. The summed E-state index contributed by atoms with van der Waals surface area (Å²) in [6.07, 6.45) is 3.65. The highest BCUT2D eigenvalue weighted by molar-refractivity contribution is 5.22. The Kier molecular flexibility index (Phi) is 6.86. The van der Waals surface area contributed by atoms with Gasteiger partial charge in [0.15, 0.2) is 0 Å². The lowest BCUT2D eigenvalue weighted by Gasteiger charge is -2.05. The van der Waals surface area contributed by atoms with Gasteiger partial charge in [-0.25, -0.2) is 0 Å². The maximum absolute atomic E-state index is 3.48. The first-order valence-corrected chi connectivity index (χ1v) is 6.24. The zero-order valence-corrected chi connectivity index (χ0v) is 10.6. The Labute approximate surface area is 99.5 Å². The van der Waals surface area contributed by atoms with Gasteiger partial charge in [-0.3, -0.25) is 0 Å². The van der Waals surface area contributed by atoms with E-state index in [1.54, 1.807) is 0 Å². The van der Waals surface area contributed by atoms with Crippen LogP contribution in [0.3, 0.4) is 0 Å². The van der Waals surface area contributed by atoms with E-state index in [-0.39, 0.29) is 0 Å². The van der Waals surface area contributed by atoms with Crippen LogP contribution in [0.25, 0.3) is 0 Å². The molecule has 0 aliphatic carbocycles. The van der Waals surface area contributed by atoms with Crippen molar-refractivity contribution < 1.29 is 0 Å². The molecule has 2 nitrogen and oxygen atoms in total. The van der Waals surface area contributed by atoms with Crippen LogP contribution in [0.15, 0.2) is 24.3 Å². The van der Waals surface area contributed by atoms with Gasteiger partial charge in [-0.15, -0.1) is 0 Å². The van der Waals surface area contributed by atoms with Crippen LogP contribution in [0.1, 0.15) is 24.0 Å². The summed E-state index contributed by atoms with van der Waals surface area (Å²) in [5.41, 5.74) is 2.79. The molecule has 1 aromatic rings. The maximum Gasteiger partial charge on any atom is -0.000835 e. The number of aryl methyl sites for hydroxylation is 1. The monoisotopic (exact) mass is 220 g/mol. The fraction of sp³-hybridized carbons (Fsp3) is 0.571. The SMILES string of the molecule is CNCCCCNCCc1cccc(C)c1. The molecule has 0 heterocycles. The Hall–Kier alpha value is -0.860. The van der Waals surface area contributed by atoms with Crippen LogP contribution in [-0.4, -0.2) is 26.7 Å². The minimum atomic E-state index is 1.09. The van der Waals surface area contributed by atoms with Crippen LogP contribution in [-0.2, 0) is 6.42 Å². The van der Waals surface area contributed by atoms with E-state index < -0.39 is 0 Å². The van der Waals surface area contributed by atoms with E-state index in [1.807, 2.05) is 7.05 Å². The van der Waals surface area contributed by atoms with Crippen molar-refractivity contribution >= 4 is 0 Å². The molecule has 0 atom stereocenters. The summed E-state index contributed by atoms with van der Waals surface area (Å²) in [6, 6.07) is 8.75. The van der Waals surface area contributed by atoms with E-state index >= 15 is 0 Å². The summed E-state index contributed by atoms with van der Waals surface area (Å²) in [6.45, 7) is 5.49. The second kappa shape index (κ2) is 8.31. The number of hydrogen-bond acceptors (Lipinski definition) is 2. The Morgan fingerprint density at radius 3 is 2.62 bits per heavy atom. The third-order valence-corrected chi connectivity index (χ3v) is 2.70. The molecule has 90 valence electrons. The molecule has 0 spiro atoms. The molecular formula is C14H24N2. The molecule has 0 fully saturated rings. The first-order valence-electron chi connectivity index (χ1n) is 6.24. The molecular weight excluding hydrogens is 196 g/mol. The zero-order chi connectivity index (χ0) is 11.6. The second-order valence-corrected chi connectivity index (χ2v) is 4.30. The van der Waals surface area contributed by atoms with Crippen molar-refractivity contribution in [2.75, 3.05) is 26.7 Å². The third kappa shape index (κ3) is 5.89. The Morgan fingerprint density at radius 1 is 1.06 bits per heavy atom. The zero-order valence-electron chi connectivity index (χ0n) is 10.6. The lowest BCUT2D eigenvalue weighted by molar-refractivity contribution is 0.606. The minimum Gasteiger partial charge on any atom is -0.320 e. The van der Waals surface area contributed by atoms with Crippen molar-refractivity contribution in [3.05, 3.63) is 35.4 Å². The number of unbranched alkanes of at least 4 members (excludes halogenated alkanes) is 1. The highest BCUT2D eigenvalue weighted by Gasteiger charge is 1.93. The van der Waals surface area contributed by atoms with Crippen LogP contribution in [0, 0.1) is 6.92 Å². The van der Waals surface area contributed by atoms with Gasteiger partial charge in [-0.2, -0.15) is 0 Å². The summed E-state index contributed by atoms with van der Waals surface area (Å²) >= 11 is 0. The average molecular weight is 220 g/mol. The molecule has 1 rings (SSSR count). The van der Waals surface area contributed by atoms with Gasteiger partial charge in [0.05, 0.1) is 0 Å². The second-order valence-electron chi connectivity index (χ2n) is 4.30. The van der Waals surface area contributed by atoms with Gasteiger partial charge >= 0.3 is 0 Å². The average Bonchev–Trinajstić information content (AvgIpc) is 2.28. The molecule has 0 saturated heterocycles. The van der Waals surface area contributed by atoms with E-state index in [4.69, 9.17) is 0 Å². The predicted molar refractivity (Wildman–Crippen MR) is 70.9 cm³/mol. The summed E-state index contributed by atoms with van der Waals surface area (Å²) < 4.78 is 0. The molecule has 0 saturated carbocycles. The number of benzene rings is 1. The molecule has 16 heavy (non-hydrogen) atoms. The molecule has 0 aromatic heterocycles. The van der Waals surface area contributed by atoms with Gasteiger partial charge < -0.3 is 10.6 Å². The van der Waals surface area contributed by atoms with E-state index in [9.17, 15) is 0 Å². The third-order valence-electron chi connectivity index (χ3n) is 2.70. The summed E-state index contributed by atoms with van der Waals surface area (Å²) in [5, 5.41) is 6.65. The van der Waals surface area contributed by atoms with Crippen LogP contribution in [0.2, 0.25) is 0 Å². The first-order chi connectivity index (χ1) is 7.83. The molecule has 0 radical (unpaired) electrons.